The molecule has 3 aromatic heterocycles. The standard InChI is InChI=1S/C39H27N3O/c1-39(2)29-16-8-6-14-27(29)34-33-28-15-7-11-19-32(28)43-36(33)35(41-37(34)39)24-20-22-25(23-21-24)38-40-30-17-9-10-18-31(30)42(38)26-12-4-3-5-13-26/h3-23H,1-2H3. The summed E-state index contributed by atoms with van der Waals surface area (Å²) in [5, 5.41) is 2.27. The van der Waals surface area contributed by atoms with Crippen LogP contribution in [0.5, 0.6) is 0 Å². The van der Waals surface area contributed by atoms with Gasteiger partial charge in [0.15, 0.2) is 5.58 Å². The number of pyridine rings is 1. The van der Waals surface area contributed by atoms with Crippen molar-refractivity contribution in [1.82, 2.24) is 14.5 Å². The molecule has 0 saturated heterocycles. The Morgan fingerprint density at radius 1 is 0.651 bits per heavy atom. The Morgan fingerprint density at radius 2 is 1.35 bits per heavy atom. The maximum Gasteiger partial charge on any atom is 0.162 e. The van der Waals surface area contributed by atoms with Gasteiger partial charge in [-0.1, -0.05) is 111 Å². The van der Waals surface area contributed by atoms with E-state index in [9.17, 15) is 0 Å². The van der Waals surface area contributed by atoms with E-state index in [1.165, 1.54) is 16.7 Å². The minimum atomic E-state index is -0.228. The van der Waals surface area contributed by atoms with Crippen molar-refractivity contribution in [2.75, 3.05) is 0 Å². The van der Waals surface area contributed by atoms with Gasteiger partial charge >= 0.3 is 0 Å². The highest BCUT2D eigenvalue weighted by molar-refractivity contribution is 6.17. The third-order valence-corrected chi connectivity index (χ3v) is 8.97. The second-order valence-electron chi connectivity index (χ2n) is 11.8. The van der Waals surface area contributed by atoms with Gasteiger partial charge in [-0.25, -0.2) is 9.97 Å². The number of imidazole rings is 1. The molecule has 0 radical (unpaired) electrons. The van der Waals surface area contributed by atoms with E-state index in [0.717, 1.165) is 67.0 Å². The number of furan rings is 1. The predicted octanol–water partition coefficient (Wildman–Crippen LogP) is 9.96. The van der Waals surface area contributed by atoms with Gasteiger partial charge < -0.3 is 4.42 Å². The Hall–Kier alpha value is -5.48. The summed E-state index contributed by atoms with van der Waals surface area (Å²) in [5.74, 6) is 0.909. The Labute approximate surface area is 248 Å². The lowest BCUT2D eigenvalue weighted by Crippen LogP contribution is -2.17. The SMILES string of the molecule is CC1(C)c2ccccc2-c2c1nc(-c1ccc(-c3nc4ccccc4n3-c3ccccc3)cc1)c1oc3ccccc3c21. The van der Waals surface area contributed by atoms with Crippen LogP contribution >= 0.6 is 0 Å². The van der Waals surface area contributed by atoms with Crippen LogP contribution in [-0.4, -0.2) is 14.5 Å². The van der Waals surface area contributed by atoms with Gasteiger partial charge in [-0.05, 0) is 41.5 Å². The Bertz CT molecular complexity index is 2360. The van der Waals surface area contributed by atoms with E-state index >= 15 is 0 Å². The molecule has 9 rings (SSSR count). The largest absolute Gasteiger partial charge is 0.454 e. The summed E-state index contributed by atoms with van der Waals surface area (Å²) in [6.07, 6.45) is 0. The van der Waals surface area contributed by atoms with E-state index in [2.05, 4.69) is 128 Å². The van der Waals surface area contributed by atoms with Gasteiger partial charge in [-0.15, -0.1) is 0 Å². The third-order valence-electron chi connectivity index (χ3n) is 8.97. The predicted molar refractivity (Wildman–Crippen MR) is 175 cm³/mol. The van der Waals surface area contributed by atoms with Gasteiger partial charge in [0, 0.05) is 38.6 Å². The number of benzene rings is 5. The van der Waals surface area contributed by atoms with E-state index in [0.29, 0.717) is 0 Å². The third kappa shape index (κ3) is 3.38. The monoisotopic (exact) mass is 553 g/mol. The molecule has 0 saturated carbocycles. The fourth-order valence-corrected chi connectivity index (χ4v) is 6.92. The molecule has 0 fully saturated rings. The minimum Gasteiger partial charge on any atom is -0.454 e. The lowest BCUT2D eigenvalue weighted by atomic mass is 9.85. The van der Waals surface area contributed by atoms with E-state index in [4.69, 9.17) is 14.4 Å². The molecule has 0 unspecified atom stereocenters. The maximum atomic E-state index is 6.60. The first kappa shape index (κ1) is 24.2. The molecule has 5 aromatic carbocycles. The summed E-state index contributed by atoms with van der Waals surface area (Å²) in [5.41, 5.74) is 12.4. The highest BCUT2D eigenvalue weighted by Crippen LogP contribution is 2.53. The Balaban J connectivity index is 1.27. The average molecular weight is 554 g/mol. The van der Waals surface area contributed by atoms with Crippen LogP contribution < -0.4 is 0 Å². The van der Waals surface area contributed by atoms with Gasteiger partial charge in [0.2, 0.25) is 0 Å². The number of fused-ring (bicyclic) bond motifs is 8. The summed E-state index contributed by atoms with van der Waals surface area (Å²) >= 11 is 0. The molecule has 3 heterocycles. The van der Waals surface area contributed by atoms with Crippen LogP contribution in [0.15, 0.2) is 132 Å². The summed E-state index contributed by atoms with van der Waals surface area (Å²) in [7, 11) is 0. The molecule has 0 N–H and O–H groups in total. The van der Waals surface area contributed by atoms with Gasteiger partial charge in [0.25, 0.3) is 0 Å². The molecule has 4 nitrogen and oxygen atoms in total. The van der Waals surface area contributed by atoms with Crippen LogP contribution in [0.3, 0.4) is 0 Å². The van der Waals surface area contributed by atoms with Gasteiger partial charge in [-0.3, -0.25) is 4.57 Å². The van der Waals surface area contributed by atoms with Crippen molar-refractivity contribution < 1.29 is 4.42 Å². The highest BCUT2D eigenvalue weighted by Gasteiger charge is 2.39. The molecular formula is C39H27N3O. The number of hydrogen-bond acceptors (Lipinski definition) is 3. The van der Waals surface area contributed by atoms with Crippen molar-refractivity contribution in [2.24, 2.45) is 0 Å². The second kappa shape index (κ2) is 8.76. The molecule has 1 aliphatic carbocycles. The van der Waals surface area contributed by atoms with Crippen LogP contribution in [0.1, 0.15) is 25.1 Å². The molecule has 204 valence electrons. The molecule has 0 amide bonds. The molecule has 0 aliphatic heterocycles. The number of para-hydroxylation sites is 4. The lowest BCUT2D eigenvalue weighted by molar-refractivity contribution is 0.634. The van der Waals surface area contributed by atoms with Gasteiger partial charge in [0.1, 0.15) is 17.1 Å². The van der Waals surface area contributed by atoms with E-state index in [1.807, 2.05) is 18.2 Å². The zero-order valence-electron chi connectivity index (χ0n) is 23.9. The normalized spacial score (nSPS) is 13.5. The molecule has 8 aromatic rings. The second-order valence-corrected chi connectivity index (χ2v) is 11.8. The summed E-state index contributed by atoms with van der Waals surface area (Å²) in [6, 6.07) is 44.4. The van der Waals surface area contributed by atoms with Crippen LogP contribution in [0, 0.1) is 0 Å². The number of hydrogen-bond donors (Lipinski definition) is 0. The van der Waals surface area contributed by atoms with Crippen LogP contribution in [-0.2, 0) is 5.41 Å². The molecular weight excluding hydrogens is 526 g/mol. The van der Waals surface area contributed by atoms with Crippen LogP contribution in [0.2, 0.25) is 0 Å². The lowest BCUT2D eigenvalue weighted by Gasteiger charge is -2.21. The number of aromatic nitrogens is 3. The van der Waals surface area contributed by atoms with Crippen LogP contribution in [0.25, 0.3) is 72.4 Å². The van der Waals surface area contributed by atoms with Crippen molar-refractivity contribution in [2.45, 2.75) is 19.3 Å². The zero-order valence-corrected chi connectivity index (χ0v) is 23.9. The number of rotatable bonds is 3. The first-order chi connectivity index (χ1) is 21.1. The van der Waals surface area contributed by atoms with Crippen molar-refractivity contribution in [1.29, 1.82) is 0 Å². The first-order valence-electron chi connectivity index (χ1n) is 14.7. The minimum absolute atomic E-state index is 0.228. The maximum absolute atomic E-state index is 6.60. The molecule has 0 spiro atoms. The summed E-state index contributed by atoms with van der Waals surface area (Å²) < 4.78 is 8.83. The van der Waals surface area contributed by atoms with Crippen molar-refractivity contribution >= 4 is 33.0 Å². The van der Waals surface area contributed by atoms with Gasteiger partial charge in [0.05, 0.1) is 16.7 Å². The van der Waals surface area contributed by atoms with E-state index in [-0.39, 0.29) is 5.41 Å². The fourth-order valence-electron chi connectivity index (χ4n) is 6.92. The van der Waals surface area contributed by atoms with E-state index < -0.39 is 0 Å². The molecule has 0 bridgehead atoms. The molecule has 43 heavy (non-hydrogen) atoms. The molecule has 1 aliphatic rings. The quantitative estimate of drug-likeness (QED) is 0.219. The average Bonchev–Trinajstić information content (AvgIpc) is 3.70. The summed E-state index contributed by atoms with van der Waals surface area (Å²) in [4.78, 5) is 10.5. The fraction of sp³-hybridized carbons (Fsp3) is 0.0769. The summed E-state index contributed by atoms with van der Waals surface area (Å²) in [6.45, 7) is 4.56. The highest BCUT2D eigenvalue weighted by atomic mass is 16.3. The van der Waals surface area contributed by atoms with Crippen molar-refractivity contribution in [3.63, 3.8) is 0 Å². The molecule has 4 heteroatoms. The number of nitrogens with zero attached hydrogens (tertiary/aromatic N) is 3. The van der Waals surface area contributed by atoms with Crippen molar-refractivity contribution in [3.05, 3.63) is 139 Å². The van der Waals surface area contributed by atoms with Gasteiger partial charge in [-0.2, -0.15) is 0 Å². The van der Waals surface area contributed by atoms with Crippen LogP contribution in [0.4, 0.5) is 0 Å². The first-order valence-corrected chi connectivity index (χ1v) is 14.7. The van der Waals surface area contributed by atoms with Crippen molar-refractivity contribution in [3.8, 4) is 39.5 Å². The molecule has 0 atom stereocenters. The van der Waals surface area contributed by atoms with E-state index in [1.54, 1.807) is 0 Å². The smallest absolute Gasteiger partial charge is 0.162 e. The topological polar surface area (TPSA) is 43.9 Å². The Kier molecular flexibility index (Phi) is 4.92. The Morgan fingerprint density at radius 3 is 2.21 bits per heavy atom. The zero-order chi connectivity index (χ0) is 28.7.